The summed E-state index contributed by atoms with van der Waals surface area (Å²) in [7, 11) is 0. The highest BCUT2D eigenvalue weighted by Crippen LogP contribution is 2.42. The second kappa shape index (κ2) is 5.66. The third kappa shape index (κ3) is 4.25. The van der Waals surface area contributed by atoms with Crippen LogP contribution >= 0.6 is 0 Å². The Balaban J connectivity index is 1.88. The Bertz CT molecular complexity index is 393. The van der Waals surface area contributed by atoms with Gasteiger partial charge in [-0.05, 0) is 46.0 Å². The van der Waals surface area contributed by atoms with Crippen molar-refractivity contribution in [3.05, 3.63) is 0 Å². The quantitative estimate of drug-likeness (QED) is 0.871. The van der Waals surface area contributed by atoms with Crippen LogP contribution in [0.5, 0.6) is 0 Å². The fraction of sp³-hybridized carbons (Fsp3) is 0.929. The van der Waals surface area contributed by atoms with Crippen LogP contribution in [0.3, 0.4) is 0 Å². The first-order chi connectivity index (χ1) is 9.57. The zero-order valence-electron chi connectivity index (χ0n) is 12.7. The van der Waals surface area contributed by atoms with Crippen molar-refractivity contribution >= 4 is 6.09 Å². The number of carbonyl (C=O) groups is 1. The van der Waals surface area contributed by atoms with Crippen LogP contribution in [-0.2, 0) is 4.74 Å². The Hall–Kier alpha value is -0.980. The lowest BCUT2D eigenvalue weighted by molar-refractivity contribution is -0.125. The van der Waals surface area contributed by atoms with Crippen LogP contribution in [0.4, 0.5) is 18.0 Å². The molecule has 21 heavy (non-hydrogen) atoms. The molecule has 1 amide bonds. The standard InChI is InChI=1S/C14H23F3N2O2/c1-13(2,3)21-12(20)19-10-4-5-11(19)9(6-10)7-18-8-14(15,16)17/h9-11,18H,4-8H2,1-3H3. The fourth-order valence-corrected chi connectivity index (χ4v) is 3.33. The van der Waals surface area contributed by atoms with Gasteiger partial charge in [0.05, 0.1) is 6.54 Å². The zero-order chi connectivity index (χ0) is 15.8. The molecule has 0 saturated carbocycles. The van der Waals surface area contributed by atoms with Gasteiger partial charge in [0.2, 0.25) is 0 Å². The van der Waals surface area contributed by atoms with Crippen LogP contribution in [0, 0.1) is 5.92 Å². The number of halogens is 3. The van der Waals surface area contributed by atoms with Gasteiger partial charge in [-0.2, -0.15) is 13.2 Å². The van der Waals surface area contributed by atoms with Crippen molar-refractivity contribution in [1.82, 2.24) is 10.2 Å². The van der Waals surface area contributed by atoms with Crippen LogP contribution in [-0.4, -0.2) is 47.9 Å². The number of ether oxygens (including phenoxy) is 1. The summed E-state index contributed by atoms with van der Waals surface area (Å²) in [6.45, 7) is 4.75. The molecule has 0 radical (unpaired) electrons. The molecule has 2 rings (SSSR count). The molecule has 3 unspecified atom stereocenters. The molecule has 0 aromatic carbocycles. The molecule has 0 aromatic heterocycles. The van der Waals surface area contributed by atoms with E-state index in [1.54, 1.807) is 4.90 Å². The third-order valence-electron chi connectivity index (χ3n) is 4.00. The predicted molar refractivity (Wildman–Crippen MR) is 71.9 cm³/mol. The topological polar surface area (TPSA) is 41.6 Å². The van der Waals surface area contributed by atoms with E-state index in [2.05, 4.69) is 5.32 Å². The van der Waals surface area contributed by atoms with Gasteiger partial charge in [-0.15, -0.1) is 0 Å². The van der Waals surface area contributed by atoms with Gasteiger partial charge in [0.1, 0.15) is 5.60 Å². The molecule has 2 aliphatic heterocycles. The summed E-state index contributed by atoms with van der Waals surface area (Å²) in [6.07, 6.45) is -2.01. The van der Waals surface area contributed by atoms with Gasteiger partial charge in [-0.3, -0.25) is 0 Å². The van der Waals surface area contributed by atoms with E-state index in [-0.39, 0.29) is 24.1 Å². The molecule has 0 aromatic rings. The number of amides is 1. The zero-order valence-corrected chi connectivity index (χ0v) is 12.7. The number of nitrogens with one attached hydrogen (secondary N) is 1. The van der Waals surface area contributed by atoms with Crippen molar-refractivity contribution in [1.29, 1.82) is 0 Å². The molecule has 0 spiro atoms. The van der Waals surface area contributed by atoms with E-state index in [0.717, 1.165) is 19.3 Å². The summed E-state index contributed by atoms with van der Waals surface area (Å²) in [4.78, 5) is 13.9. The number of carbonyl (C=O) groups excluding carboxylic acids is 1. The Labute approximate surface area is 123 Å². The minimum Gasteiger partial charge on any atom is -0.444 e. The van der Waals surface area contributed by atoms with E-state index in [4.69, 9.17) is 4.74 Å². The molecule has 122 valence electrons. The average molecular weight is 308 g/mol. The number of fused-ring (bicyclic) bond motifs is 2. The maximum atomic E-state index is 12.2. The molecule has 3 atom stereocenters. The molecular weight excluding hydrogens is 285 g/mol. The first kappa shape index (κ1) is 16.4. The number of nitrogens with zero attached hydrogens (tertiary/aromatic N) is 1. The molecule has 2 bridgehead atoms. The molecule has 7 heteroatoms. The highest BCUT2D eigenvalue weighted by molar-refractivity contribution is 5.70. The summed E-state index contributed by atoms with van der Waals surface area (Å²) in [5.41, 5.74) is -0.552. The number of rotatable bonds is 3. The van der Waals surface area contributed by atoms with Gasteiger partial charge in [-0.25, -0.2) is 4.79 Å². The first-order valence-electron chi connectivity index (χ1n) is 7.35. The molecule has 1 N–H and O–H groups in total. The van der Waals surface area contributed by atoms with Gasteiger partial charge in [0, 0.05) is 18.6 Å². The Morgan fingerprint density at radius 1 is 1.29 bits per heavy atom. The normalized spacial score (nSPS) is 29.0. The molecule has 2 saturated heterocycles. The average Bonchev–Trinajstić information content (AvgIpc) is 2.81. The van der Waals surface area contributed by atoms with Gasteiger partial charge in [-0.1, -0.05) is 0 Å². The van der Waals surface area contributed by atoms with Crippen LogP contribution in [0.1, 0.15) is 40.0 Å². The van der Waals surface area contributed by atoms with Crippen LogP contribution in [0.2, 0.25) is 0 Å². The van der Waals surface area contributed by atoms with Crippen molar-refractivity contribution < 1.29 is 22.7 Å². The highest BCUT2D eigenvalue weighted by Gasteiger charge is 2.49. The SMILES string of the molecule is CC(C)(C)OC(=O)N1C2CCC1C(CNCC(F)(F)F)C2. The predicted octanol–water partition coefficient (Wildman–Crippen LogP) is 2.93. The van der Waals surface area contributed by atoms with E-state index >= 15 is 0 Å². The van der Waals surface area contributed by atoms with Crippen LogP contribution in [0.15, 0.2) is 0 Å². The number of alkyl halides is 3. The lowest BCUT2D eigenvalue weighted by atomic mass is 9.89. The largest absolute Gasteiger partial charge is 0.444 e. The summed E-state index contributed by atoms with van der Waals surface area (Å²) in [5, 5.41) is 2.46. The summed E-state index contributed by atoms with van der Waals surface area (Å²) in [5.74, 6) is 0.0821. The van der Waals surface area contributed by atoms with E-state index in [0.29, 0.717) is 6.54 Å². The second-order valence-corrected chi connectivity index (χ2v) is 6.93. The van der Waals surface area contributed by atoms with Gasteiger partial charge < -0.3 is 15.0 Å². The van der Waals surface area contributed by atoms with Gasteiger partial charge in [0.15, 0.2) is 0 Å². The van der Waals surface area contributed by atoms with E-state index in [1.165, 1.54) is 0 Å². The van der Waals surface area contributed by atoms with E-state index < -0.39 is 18.3 Å². The minimum absolute atomic E-state index is 0.00517. The lowest BCUT2D eigenvalue weighted by Gasteiger charge is -2.28. The maximum absolute atomic E-state index is 12.2. The third-order valence-corrected chi connectivity index (χ3v) is 4.00. The highest BCUT2D eigenvalue weighted by atomic mass is 19.4. The Morgan fingerprint density at radius 3 is 2.52 bits per heavy atom. The second-order valence-electron chi connectivity index (χ2n) is 6.93. The molecule has 4 nitrogen and oxygen atoms in total. The van der Waals surface area contributed by atoms with E-state index in [1.807, 2.05) is 20.8 Å². The summed E-state index contributed by atoms with van der Waals surface area (Å²) < 4.78 is 41.9. The smallest absolute Gasteiger partial charge is 0.410 e. The van der Waals surface area contributed by atoms with Crippen molar-refractivity contribution in [3.63, 3.8) is 0 Å². The first-order valence-corrected chi connectivity index (χ1v) is 7.35. The minimum atomic E-state index is -4.19. The molecule has 0 aliphatic carbocycles. The van der Waals surface area contributed by atoms with E-state index in [9.17, 15) is 18.0 Å². The van der Waals surface area contributed by atoms with Crippen LogP contribution in [0.25, 0.3) is 0 Å². The molecule has 2 fully saturated rings. The fourth-order valence-electron chi connectivity index (χ4n) is 3.33. The molecule has 2 heterocycles. The lowest BCUT2D eigenvalue weighted by Crippen LogP contribution is -2.42. The Kier molecular flexibility index (Phi) is 4.42. The summed E-state index contributed by atoms with van der Waals surface area (Å²) in [6, 6.07) is 0.119. The van der Waals surface area contributed by atoms with Crippen LogP contribution < -0.4 is 5.32 Å². The van der Waals surface area contributed by atoms with Crippen molar-refractivity contribution in [2.24, 2.45) is 5.92 Å². The van der Waals surface area contributed by atoms with Gasteiger partial charge >= 0.3 is 12.3 Å². The van der Waals surface area contributed by atoms with Gasteiger partial charge in [0.25, 0.3) is 0 Å². The van der Waals surface area contributed by atoms with Crippen molar-refractivity contribution in [3.8, 4) is 0 Å². The molecular formula is C14H23F3N2O2. The summed E-state index contributed by atoms with van der Waals surface area (Å²) >= 11 is 0. The number of hydrogen-bond donors (Lipinski definition) is 1. The monoisotopic (exact) mass is 308 g/mol. The molecule has 2 aliphatic rings. The van der Waals surface area contributed by atoms with Crippen molar-refractivity contribution in [2.45, 2.75) is 63.9 Å². The Morgan fingerprint density at radius 2 is 1.95 bits per heavy atom. The van der Waals surface area contributed by atoms with Crippen molar-refractivity contribution in [2.75, 3.05) is 13.1 Å². The number of hydrogen-bond acceptors (Lipinski definition) is 3. The maximum Gasteiger partial charge on any atom is 0.410 e.